The molecule has 0 N–H and O–H groups in total. The Morgan fingerprint density at radius 2 is 2.14 bits per heavy atom. The van der Waals surface area contributed by atoms with E-state index in [-0.39, 0.29) is 0 Å². The molecule has 0 rings (SSSR count). The summed E-state index contributed by atoms with van der Waals surface area (Å²) in [7, 11) is 0. The fourth-order valence-electron chi connectivity index (χ4n) is 0.0357. The van der Waals surface area contributed by atoms with Crippen molar-refractivity contribution in [2.45, 2.75) is 3.78 Å². The van der Waals surface area contributed by atoms with E-state index in [9.17, 15) is 4.39 Å². The van der Waals surface area contributed by atoms with E-state index in [2.05, 4.69) is 31.9 Å². The minimum Gasteiger partial charge on any atom is -0.248 e. The smallest absolute Gasteiger partial charge is 0.137 e. The highest BCUT2D eigenvalue weighted by Gasteiger charge is 2.20. The number of halogens is 4. The molecule has 0 fully saturated rings. The lowest BCUT2D eigenvalue weighted by molar-refractivity contribution is 0.482. The molecule has 0 unspecified atom stereocenters. The highest BCUT2D eigenvalue weighted by atomic mass is 79.9. The summed E-state index contributed by atoms with van der Waals surface area (Å²) in [6, 6.07) is 0. The van der Waals surface area contributed by atoms with Crippen molar-refractivity contribution in [3.8, 4) is 0 Å². The Labute approximate surface area is 63.7 Å². The van der Waals surface area contributed by atoms with Crippen LogP contribution in [-0.2, 0) is 0 Å². The zero-order valence-corrected chi connectivity index (χ0v) is 7.35. The van der Waals surface area contributed by atoms with Gasteiger partial charge in [-0.2, -0.15) is 0 Å². The molecule has 0 aliphatic carbocycles. The van der Waals surface area contributed by atoms with E-state index in [1.807, 2.05) is 0 Å². The first-order chi connectivity index (χ1) is 3.12. The standard InChI is InChI=1S/C3H4Br2ClF/c4-1-3(5,6)2-7/h1-2H2/t3-/m0/s1. The van der Waals surface area contributed by atoms with E-state index in [4.69, 9.17) is 11.6 Å². The molecule has 7 heavy (non-hydrogen) atoms. The molecule has 0 nitrogen and oxygen atoms in total. The molecule has 0 amide bonds. The molecular weight excluding hydrogens is 250 g/mol. The average molecular weight is 254 g/mol. The van der Waals surface area contributed by atoms with Crippen molar-refractivity contribution in [3.05, 3.63) is 0 Å². The summed E-state index contributed by atoms with van der Waals surface area (Å²) in [5.41, 5.74) is 0. The molecule has 44 valence electrons. The maximum Gasteiger partial charge on any atom is 0.137 e. The van der Waals surface area contributed by atoms with Gasteiger partial charge in [0.25, 0.3) is 0 Å². The molecule has 0 aromatic rings. The molecule has 4 heteroatoms. The molecule has 0 bridgehead atoms. The van der Waals surface area contributed by atoms with Crippen molar-refractivity contribution in [2.24, 2.45) is 0 Å². The van der Waals surface area contributed by atoms with Gasteiger partial charge < -0.3 is 0 Å². The first-order valence-electron chi connectivity index (χ1n) is 1.62. The first-order valence-corrected chi connectivity index (χ1v) is 3.91. The molecule has 0 heterocycles. The van der Waals surface area contributed by atoms with Crippen LogP contribution in [-0.4, -0.2) is 15.8 Å². The van der Waals surface area contributed by atoms with Crippen LogP contribution >= 0.6 is 43.5 Å². The van der Waals surface area contributed by atoms with Crippen LogP contribution in [0.1, 0.15) is 0 Å². The lowest BCUT2D eigenvalue weighted by Gasteiger charge is -2.08. The van der Waals surface area contributed by atoms with Gasteiger partial charge >= 0.3 is 0 Å². The lowest BCUT2D eigenvalue weighted by atomic mass is 10.5. The predicted molar refractivity (Wildman–Crippen MR) is 37.3 cm³/mol. The largest absolute Gasteiger partial charge is 0.248 e. The number of hydrogen-bond donors (Lipinski definition) is 0. The van der Waals surface area contributed by atoms with Gasteiger partial charge in [-0.1, -0.05) is 31.9 Å². The molecule has 0 aliphatic rings. The molecular formula is C3H4Br2ClF. The Morgan fingerprint density at radius 1 is 1.71 bits per heavy atom. The van der Waals surface area contributed by atoms with Crippen molar-refractivity contribution < 1.29 is 4.39 Å². The third-order valence-corrected chi connectivity index (χ3v) is 3.15. The maximum atomic E-state index is 11.6. The summed E-state index contributed by atoms with van der Waals surface area (Å²) in [6.07, 6.45) is 0. The molecule has 0 aliphatic heterocycles. The summed E-state index contributed by atoms with van der Waals surface area (Å²) in [6.45, 7) is -0.570. The third-order valence-electron chi connectivity index (χ3n) is 0.391. The van der Waals surface area contributed by atoms with Crippen LogP contribution in [0.15, 0.2) is 0 Å². The fraction of sp³-hybridized carbons (Fsp3) is 1.00. The third kappa shape index (κ3) is 3.74. The number of hydrogen-bond acceptors (Lipinski definition) is 0. The minimum atomic E-state index is -0.882. The van der Waals surface area contributed by atoms with Gasteiger partial charge in [-0.25, -0.2) is 4.39 Å². The first kappa shape index (κ1) is 8.18. The summed E-state index contributed by atoms with van der Waals surface area (Å²) < 4.78 is 10.7. The van der Waals surface area contributed by atoms with E-state index in [1.54, 1.807) is 0 Å². The molecule has 0 saturated carbocycles. The van der Waals surface area contributed by atoms with E-state index in [1.165, 1.54) is 0 Å². The van der Waals surface area contributed by atoms with Crippen LogP contribution in [0.4, 0.5) is 4.39 Å². The number of alkyl halides is 4. The second-order valence-corrected chi connectivity index (χ2v) is 4.38. The van der Waals surface area contributed by atoms with Crippen LogP contribution in [0.2, 0.25) is 0 Å². The zero-order valence-electron chi connectivity index (χ0n) is 3.43. The van der Waals surface area contributed by atoms with Gasteiger partial charge in [0.15, 0.2) is 0 Å². The van der Waals surface area contributed by atoms with E-state index < -0.39 is 10.5 Å². The monoisotopic (exact) mass is 252 g/mol. The van der Waals surface area contributed by atoms with Crippen LogP contribution in [0.3, 0.4) is 0 Å². The SMILES string of the molecule is FC[C@](Cl)(Br)CBr. The van der Waals surface area contributed by atoms with Gasteiger partial charge in [0.2, 0.25) is 0 Å². The quantitative estimate of drug-likeness (QED) is 0.665. The zero-order chi connectivity index (χ0) is 5.91. The molecule has 0 aromatic heterocycles. The maximum absolute atomic E-state index is 11.6. The van der Waals surface area contributed by atoms with Gasteiger partial charge in [-0.3, -0.25) is 0 Å². The van der Waals surface area contributed by atoms with Crippen molar-refractivity contribution in [3.63, 3.8) is 0 Å². The summed E-state index contributed by atoms with van der Waals surface area (Å²) in [5, 5.41) is 0.415. The van der Waals surface area contributed by atoms with Crippen molar-refractivity contribution in [1.82, 2.24) is 0 Å². The predicted octanol–water partition coefficient (Wildman–Crippen LogP) is 2.68. The van der Waals surface area contributed by atoms with Gasteiger partial charge in [-0.15, -0.1) is 11.6 Å². The Morgan fingerprint density at radius 3 is 2.14 bits per heavy atom. The Balaban J connectivity index is 3.36. The summed E-state index contributed by atoms with van der Waals surface area (Å²) >= 11 is 11.3. The summed E-state index contributed by atoms with van der Waals surface area (Å²) in [5.74, 6) is 0. The Hall–Kier alpha value is 1.18. The van der Waals surface area contributed by atoms with E-state index in [0.717, 1.165) is 0 Å². The van der Waals surface area contributed by atoms with Crippen molar-refractivity contribution >= 4 is 43.5 Å². The van der Waals surface area contributed by atoms with Crippen LogP contribution < -0.4 is 0 Å². The van der Waals surface area contributed by atoms with Crippen LogP contribution in [0, 0.1) is 0 Å². The second-order valence-electron chi connectivity index (χ2n) is 1.12. The highest BCUT2D eigenvalue weighted by molar-refractivity contribution is 9.12. The highest BCUT2D eigenvalue weighted by Crippen LogP contribution is 2.25. The van der Waals surface area contributed by atoms with E-state index >= 15 is 0 Å². The topological polar surface area (TPSA) is 0 Å². The molecule has 0 spiro atoms. The fourth-order valence-corrected chi connectivity index (χ4v) is 0.186. The molecule has 1 atom stereocenters. The van der Waals surface area contributed by atoms with Crippen LogP contribution in [0.5, 0.6) is 0 Å². The van der Waals surface area contributed by atoms with Crippen LogP contribution in [0.25, 0.3) is 0 Å². The second kappa shape index (κ2) is 3.25. The van der Waals surface area contributed by atoms with Gasteiger partial charge in [0.1, 0.15) is 10.5 Å². The van der Waals surface area contributed by atoms with Gasteiger partial charge in [-0.05, 0) is 0 Å². The minimum absolute atomic E-state index is 0.415. The Kier molecular flexibility index (Phi) is 3.80. The number of rotatable bonds is 2. The average Bonchev–Trinajstić information content (AvgIpc) is 1.68. The van der Waals surface area contributed by atoms with Gasteiger partial charge in [0.05, 0.1) is 0 Å². The van der Waals surface area contributed by atoms with E-state index in [0.29, 0.717) is 5.33 Å². The van der Waals surface area contributed by atoms with Crippen molar-refractivity contribution in [1.29, 1.82) is 0 Å². The van der Waals surface area contributed by atoms with Gasteiger partial charge in [0, 0.05) is 5.33 Å². The molecule has 0 aromatic carbocycles. The molecule has 0 saturated heterocycles. The summed E-state index contributed by atoms with van der Waals surface area (Å²) in [4.78, 5) is 0. The lowest BCUT2D eigenvalue weighted by Crippen LogP contribution is -2.15. The van der Waals surface area contributed by atoms with Crippen molar-refractivity contribution in [2.75, 3.05) is 12.0 Å². The Bertz CT molecular complexity index is 50.9. The normalized spacial score (nSPS) is 18.9. The molecule has 0 radical (unpaired) electrons.